The van der Waals surface area contributed by atoms with Crippen LogP contribution in [0.15, 0.2) is 30.3 Å². The number of hydrogen-bond donors (Lipinski definition) is 0. The third-order valence-corrected chi connectivity index (χ3v) is 3.28. The average Bonchev–Trinajstić information content (AvgIpc) is 2.37. The Balaban J connectivity index is 2.77. The van der Waals surface area contributed by atoms with Crippen molar-refractivity contribution in [1.29, 1.82) is 0 Å². The van der Waals surface area contributed by atoms with Crippen molar-refractivity contribution in [1.82, 2.24) is 0 Å². The fourth-order valence-electron chi connectivity index (χ4n) is 1.60. The molecule has 0 saturated heterocycles. The Hall–Kier alpha value is -1.29. The van der Waals surface area contributed by atoms with E-state index in [1.54, 1.807) is 6.92 Å². The zero-order valence-electron chi connectivity index (χ0n) is 10.7. The van der Waals surface area contributed by atoms with Crippen molar-refractivity contribution >= 4 is 22.8 Å². The topological polar surface area (TPSA) is 43.4 Å². The maximum atomic E-state index is 11.9. The molecule has 3 nitrogen and oxygen atoms in total. The highest BCUT2D eigenvalue weighted by Gasteiger charge is 2.27. The van der Waals surface area contributed by atoms with Crippen LogP contribution in [-0.2, 0) is 20.7 Å². The number of carbonyl (C=O) groups excluding carboxylic acids is 2. The van der Waals surface area contributed by atoms with Crippen LogP contribution in [-0.4, -0.2) is 23.4 Å². The number of benzene rings is 1. The molecule has 0 N–H and O–H groups in total. The summed E-state index contributed by atoms with van der Waals surface area (Å²) in [5.74, 6) is -0.451. The quantitative estimate of drug-likeness (QED) is 0.586. The van der Waals surface area contributed by atoms with Gasteiger partial charge in [-0.3, -0.25) is 9.59 Å². The Morgan fingerprint density at radius 3 is 2.44 bits per heavy atom. The molecule has 0 amide bonds. The number of thioether (sulfide) groups is 1. The van der Waals surface area contributed by atoms with E-state index < -0.39 is 11.9 Å². The molecule has 1 aromatic rings. The van der Waals surface area contributed by atoms with Crippen molar-refractivity contribution in [2.45, 2.75) is 20.3 Å². The molecule has 0 aliphatic heterocycles. The Morgan fingerprint density at radius 1 is 1.22 bits per heavy atom. The van der Waals surface area contributed by atoms with Gasteiger partial charge in [0.1, 0.15) is 5.92 Å². The molecule has 0 fully saturated rings. The molecule has 1 aromatic carbocycles. The zero-order chi connectivity index (χ0) is 13.4. The molecule has 18 heavy (non-hydrogen) atoms. The maximum Gasteiger partial charge on any atom is 0.317 e. The summed E-state index contributed by atoms with van der Waals surface area (Å²) >= 11 is 1.17. The van der Waals surface area contributed by atoms with Gasteiger partial charge in [0.15, 0.2) is 0 Å². The first-order valence-corrected chi connectivity index (χ1v) is 7.04. The molecule has 98 valence electrons. The summed E-state index contributed by atoms with van der Waals surface area (Å²) < 4.78 is 4.97. The van der Waals surface area contributed by atoms with E-state index in [4.69, 9.17) is 4.74 Å². The smallest absolute Gasteiger partial charge is 0.317 e. The fourth-order valence-corrected chi connectivity index (χ4v) is 2.26. The molecule has 0 heterocycles. The van der Waals surface area contributed by atoms with E-state index >= 15 is 0 Å². The van der Waals surface area contributed by atoms with Gasteiger partial charge >= 0.3 is 5.97 Å². The van der Waals surface area contributed by atoms with Gasteiger partial charge in [0, 0.05) is 0 Å². The van der Waals surface area contributed by atoms with Gasteiger partial charge in [0.2, 0.25) is 5.12 Å². The normalized spacial score (nSPS) is 11.9. The SMILES string of the molecule is CCOC(=O)C(Cc1ccccc1)C(=O)SCC. The second kappa shape index (κ2) is 7.93. The van der Waals surface area contributed by atoms with E-state index in [0.29, 0.717) is 18.8 Å². The van der Waals surface area contributed by atoms with Gasteiger partial charge in [0.25, 0.3) is 0 Å². The van der Waals surface area contributed by atoms with Crippen LogP contribution in [0.1, 0.15) is 19.4 Å². The summed E-state index contributed by atoms with van der Waals surface area (Å²) in [4.78, 5) is 23.7. The van der Waals surface area contributed by atoms with Crippen LogP contribution in [0.3, 0.4) is 0 Å². The molecule has 0 aromatic heterocycles. The first-order chi connectivity index (χ1) is 8.69. The lowest BCUT2D eigenvalue weighted by atomic mass is 10.0. The summed E-state index contributed by atoms with van der Waals surface area (Å²) in [5.41, 5.74) is 0.973. The van der Waals surface area contributed by atoms with Crippen molar-refractivity contribution < 1.29 is 14.3 Å². The number of carbonyl (C=O) groups is 2. The average molecular weight is 266 g/mol. The maximum absolute atomic E-state index is 11.9. The predicted molar refractivity (Wildman–Crippen MR) is 73.4 cm³/mol. The molecular formula is C14H18O3S. The van der Waals surface area contributed by atoms with E-state index in [1.807, 2.05) is 37.3 Å². The lowest BCUT2D eigenvalue weighted by Gasteiger charge is -2.13. The van der Waals surface area contributed by atoms with Gasteiger partial charge in [-0.25, -0.2) is 0 Å². The van der Waals surface area contributed by atoms with E-state index in [1.165, 1.54) is 11.8 Å². The van der Waals surface area contributed by atoms with Gasteiger partial charge in [-0.15, -0.1) is 0 Å². The fraction of sp³-hybridized carbons (Fsp3) is 0.429. The molecular weight excluding hydrogens is 248 g/mol. The minimum absolute atomic E-state index is 0.111. The molecule has 1 unspecified atom stereocenters. The summed E-state index contributed by atoms with van der Waals surface area (Å²) in [6.07, 6.45) is 0.408. The standard InChI is InChI=1S/C14H18O3S/c1-3-17-13(15)12(14(16)18-4-2)10-11-8-6-5-7-9-11/h5-9,12H,3-4,10H2,1-2H3. The highest BCUT2D eigenvalue weighted by atomic mass is 32.2. The number of rotatable bonds is 6. The molecule has 0 aliphatic carbocycles. The van der Waals surface area contributed by atoms with E-state index in [0.717, 1.165) is 5.56 Å². The second-order valence-electron chi connectivity index (χ2n) is 3.75. The van der Waals surface area contributed by atoms with Crippen LogP contribution in [0.2, 0.25) is 0 Å². The molecule has 1 atom stereocenters. The number of hydrogen-bond acceptors (Lipinski definition) is 4. The largest absolute Gasteiger partial charge is 0.465 e. The lowest BCUT2D eigenvalue weighted by Crippen LogP contribution is -2.26. The van der Waals surface area contributed by atoms with E-state index in [-0.39, 0.29) is 5.12 Å². The third-order valence-electron chi connectivity index (χ3n) is 2.42. The van der Waals surface area contributed by atoms with Crippen LogP contribution in [0.25, 0.3) is 0 Å². The molecule has 0 spiro atoms. The first kappa shape index (κ1) is 14.8. The lowest BCUT2D eigenvalue weighted by molar-refractivity contribution is -0.149. The molecule has 1 rings (SSSR count). The van der Waals surface area contributed by atoms with Crippen LogP contribution in [0.5, 0.6) is 0 Å². The Labute approximate surface area is 112 Å². The Kier molecular flexibility index (Phi) is 6.50. The minimum atomic E-state index is -0.697. The van der Waals surface area contributed by atoms with Crippen LogP contribution in [0.4, 0.5) is 0 Å². The third kappa shape index (κ3) is 4.53. The van der Waals surface area contributed by atoms with Crippen LogP contribution < -0.4 is 0 Å². The Morgan fingerprint density at radius 2 is 1.89 bits per heavy atom. The number of esters is 1. The highest BCUT2D eigenvalue weighted by Crippen LogP contribution is 2.18. The van der Waals surface area contributed by atoms with Gasteiger partial charge in [-0.1, -0.05) is 49.0 Å². The van der Waals surface area contributed by atoms with Crippen molar-refractivity contribution in [3.63, 3.8) is 0 Å². The monoisotopic (exact) mass is 266 g/mol. The molecule has 0 saturated carbocycles. The van der Waals surface area contributed by atoms with Crippen molar-refractivity contribution in [3.05, 3.63) is 35.9 Å². The van der Waals surface area contributed by atoms with E-state index in [2.05, 4.69) is 0 Å². The molecule has 0 aliphatic rings. The highest BCUT2D eigenvalue weighted by molar-refractivity contribution is 8.13. The molecule has 0 bridgehead atoms. The van der Waals surface area contributed by atoms with Crippen molar-refractivity contribution in [2.24, 2.45) is 5.92 Å². The van der Waals surface area contributed by atoms with Gasteiger partial charge in [-0.05, 0) is 24.7 Å². The number of ether oxygens (including phenoxy) is 1. The predicted octanol–water partition coefficient (Wildman–Crippen LogP) is 2.69. The second-order valence-corrected chi connectivity index (χ2v) is 5.01. The Bertz CT molecular complexity index is 371. The zero-order valence-corrected chi connectivity index (χ0v) is 11.5. The minimum Gasteiger partial charge on any atom is -0.465 e. The summed E-state index contributed by atoms with van der Waals surface area (Å²) in [5, 5.41) is -0.111. The van der Waals surface area contributed by atoms with E-state index in [9.17, 15) is 9.59 Å². The molecule has 4 heteroatoms. The van der Waals surface area contributed by atoms with Gasteiger partial charge < -0.3 is 4.74 Å². The van der Waals surface area contributed by atoms with Gasteiger partial charge in [-0.2, -0.15) is 0 Å². The van der Waals surface area contributed by atoms with Crippen molar-refractivity contribution in [2.75, 3.05) is 12.4 Å². The summed E-state index contributed by atoms with van der Waals surface area (Å²) in [6.45, 7) is 3.94. The van der Waals surface area contributed by atoms with Gasteiger partial charge in [0.05, 0.1) is 6.61 Å². The van der Waals surface area contributed by atoms with Crippen LogP contribution in [0, 0.1) is 5.92 Å². The first-order valence-electron chi connectivity index (χ1n) is 6.06. The summed E-state index contributed by atoms with van der Waals surface area (Å²) in [7, 11) is 0. The summed E-state index contributed by atoms with van der Waals surface area (Å²) in [6, 6.07) is 9.53. The molecule has 0 radical (unpaired) electrons. The van der Waals surface area contributed by atoms with Crippen LogP contribution >= 0.6 is 11.8 Å². The van der Waals surface area contributed by atoms with Crippen molar-refractivity contribution in [3.8, 4) is 0 Å².